The van der Waals surface area contributed by atoms with Crippen LogP contribution in [-0.4, -0.2) is 18.2 Å². The topological polar surface area (TPSA) is 55.8 Å². The molecule has 0 amide bonds. The van der Waals surface area contributed by atoms with Crippen molar-refractivity contribution >= 4 is 5.97 Å². The maximum atomic E-state index is 13.0. The molecule has 0 atom stereocenters. The van der Waals surface area contributed by atoms with Crippen LogP contribution >= 0.6 is 0 Å². The predicted octanol–water partition coefficient (Wildman–Crippen LogP) is 3.11. The van der Waals surface area contributed by atoms with Crippen LogP contribution in [0.2, 0.25) is 0 Å². The van der Waals surface area contributed by atoms with E-state index in [4.69, 9.17) is 14.6 Å². The van der Waals surface area contributed by atoms with E-state index >= 15 is 0 Å². The van der Waals surface area contributed by atoms with Crippen LogP contribution in [0.5, 0.6) is 11.5 Å². The van der Waals surface area contributed by atoms with Crippen molar-refractivity contribution in [3.05, 3.63) is 59.4 Å². The van der Waals surface area contributed by atoms with E-state index in [9.17, 15) is 9.18 Å². The van der Waals surface area contributed by atoms with Gasteiger partial charge in [0.15, 0.2) is 0 Å². The van der Waals surface area contributed by atoms with Crippen molar-refractivity contribution in [1.29, 1.82) is 0 Å². The average molecular weight is 276 g/mol. The Morgan fingerprint density at radius 2 is 2.05 bits per heavy atom. The second kappa shape index (κ2) is 6.06. The summed E-state index contributed by atoms with van der Waals surface area (Å²) in [6, 6.07) is 10.5. The molecule has 0 aliphatic rings. The third-order valence-electron chi connectivity index (χ3n) is 2.70. The van der Waals surface area contributed by atoms with E-state index in [1.807, 2.05) is 0 Å². The molecule has 0 saturated carbocycles. The van der Waals surface area contributed by atoms with Crippen LogP contribution in [-0.2, 0) is 6.61 Å². The monoisotopic (exact) mass is 276 g/mol. The Morgan fingerprint density at radius 1 is 1.25 bits per heavy atom. The highest BCUT2D eigenvalue weighted by molar-refractivity contribution is 5.90. The molecule has 2 aromatic rings. The first kappa shape index (κ1) is 13.9. The van der Waals surface area contributed by atoms with Crippen molar-refractivity contribution in [3.8, 4) is 11.5 Å². The maximum Gasteiger partial charge on any atom is 0.339 e. The Morgan fingerprint density at radius 3 is 2.70 bits per heavy atom. The van der Waals surface area contributed by atoms with Gasteiger partial charge in [0, 0.05) is 6.07 Å². The smallest absolute Gasteiger partial charge is 0.339 e. The number of carboxylic acids is 1. The lowest BCUT2D eigenvalue weighted by Crippen LogP contribution is -2.02. The summed E-state index contributed by atoms with van der Waals surface area (Å²) in [4.78, 5) is 11.0. The average Bonchev–Trinajstić information content (AvgIpc) is 2.44. The van der Waals surface area contributed by atoms with Gasteiger partial charge in [0.1, 0.15) is 29.5 Å². The van der Waals surface area contributed by atoms with Crippen molar-refractivity contribution < 1.29 is 23.8 Å². The number of carbonyl (C=O) groups is 1. The molecule has 2 aromatic carbocycles. The van der Waals surface area contributed by atoms with Crippen LogP contribution in [0.1, 0.15) is 15.9 Å². The van der Waals surface area contributed by atoms with Crippen LogP contribution in [0.3, 0.4) is 0 Å². The van der Waals surface area contributed by atoms with Crippen LogP contribution in [0.4, 0.5) is 4.39 Å². The minimum absolute atomic E-state index is 0.0852. The van der Waals surface area contributed by atoms with Crippen LogP contribution in [0.25, 0.3) is 0 Å². The molecule has 0 saturated heterocycles. The highest BCUT2D eigenvalue weighted by Crippen LogP contribution is 2.21. The van der Waals surface area contributed by atoms with Crippen LogP contribution in [0, 0.1) is 5.82 Å². The molecule has 2 rings (SSSR count). The van der Waals surface area contributed by atoms with Gasteiger partial charge < -0.3 is 14.6 Å². The molecular weight excluding hydrogens is 263 g/mol. The summed E-state index contributed by atoms with van der Waals surface area (Å²) < 4.78 is 23.4. The Kier molecular flexibility index (Phi) is 4.20. The maximum absolute atomic E-state index is 13.0. The third kappa shape index (κ3) is 3.26. The van der Waals surface area contributed by atoms with Gasteiger partial charge in [0.25, 0.3) is 0 Å². The second-order valence-corrected chi connectivity index (χ2v) is 4.09. The molecule has 0 aromatic heterocycles. The second-order valence-electron chi connectivity index (χ2n) is 4.09. The minimum Gasteiger partial charge on any atom is -0.496 e. The molecular formula is C15H13FO4. The van der Waals surface area contributed by atoms with E-state index in [0.717, 1.165) is 5.56 Å². The van der Waals surface area contributed by atoms with Crippen LogP contribution < -0.4 is 9.47 Å². The fourth-order valence-corrected chi connectivity index (χ4v) is 1.73. The summed E-state index contributed by atoms with van der Waals surface area (Å²) in [7, 11) is 1.40. The Balaban J connectivity index is 2.12. The number of aromatic carboxylic acids is 1. The fraction of sp³-hybridized carbons (Fsp3) is 0.133. The molecule has 4 nitrogen and oxygen atoms in total. The Labute approximate surface area is 115 Å². The van der Waals surface area contributed by atoms with E-state index in [-0.39, 0.29) is 23.7 Å². The van der Waals surface area contributed by atoms with Gasteiger partial charge in [-0.1, -0.05) is 12.1 Å². The quantitative estimate of drug-likeness (QED) is 0.911. The molecule has 0 fully saturated rings. The summed E-state index contributed by atoms with van der Waals surface area (Å²) in [5, 5.41) is 8.97. The Hall–Kier alpha value is -2.56. The van der Waals surface area contributed by atoms with E-state index in [0.29, 0.717) is 5.75 Å². The summed E-state index contributed by atoms with van der Waals surface area (Å²) in [6.07, 6.45) is 0. The molecule has 1 N–H and O–H groups in total. The van der Waals surface area contributed by atoms with Crippen LogP contribution in [0.15, 0.2) is 42.5 Å². The lowest BCUT2D eigenvalue weighted by Gasteiger charge is -2.09. The normalized spacial score (nSPS) is 10.1. The zero-order valence-corrected chi connectivity index (χ0v) is 10.8. The van der Waals surface area contributed by atoms with Gasteiger partial charge in [-0.25, -0.2) is 9.18 Å². The molecule has 0 aliphatic heterocycles. The molecule has 5 heteroatoms. The summed E-state index contributed by atoms with van der Waals surface area (Å²) in [5.41, 5.74) is 0.818. The van der Waals surface area contributed by atoms with Crippen molar-refractivity contribution in [2.24, 2.45) is 0 Å². The molecule has 104 valence electrons. The summed E-state index contributed by atoms with van der Waals surface area (Å²) in [6.45, 7) is 0.194. The number of hydrogen-bond acceptors (Lipinski definition) is 3. The van der Waals surface area contributed by atoms with Gasteiger partial charge in [0.05, 0.1) is 7.11 Å². The SMILES string of the molecule is COc1cc(COc2cccc(F)c2)ccc1C(=O)O. The fourth-order valence-electron chi connectivity index (χ4n) is 1.73. The zero-order chi connectivity index (χ0) is 14.5. The molecule has 0 bridgehead atoms. The van der Waals surface area contributed by atoms with Gasteiger partial charge in [0.2, 0.25) is 0 Å². The van der Waals surface area contributed by atoms with Gasteiger partial charge in [-0.3, -0.25) is 0 Å². The van der Waals surface area contributed by atoms with Gasteiger partial charge in [-0.05, 0) is 29.8 Å². The van der Waals surface area contributed by atoms with Gasteiger partial charge >= 0.3 is 5.97 Å². The summed E-state index contributed by atoms with van der Waals surface area (Å²) in [5.74, 6) is -0.759. The third-order valence-corrected chi connectivity index (χ3v) is 2.70. The largest absolute Gasteiger partial charge is 0.496 e. The van der Waals surface area contributed by atoms with Gasteiger partial charge in [-0.15, -0.1) is 0 Å². The first-order valence-electron chi connectivity index (χ1n) is 5.88. The molecule has 0 unspecified atom stereocenters. The number of benzene rings is 2. The summed E-state index contributed by atoms with van der Waals surface area (Å²) >= 11 is 0. The minimum atomic E-state index is -1.06. The number of ether oxygens (including phenoxy) is 2. The number of carboxylic acid groups (broad SMARTS) is 1. The molecule has 20 heavy (non-hydrogen) atoms. The number of rotatable bonds is 5. The van der Waals surface area contributed by atoms with Crippen molar-refractivity contribution in [3.63, 3.8) is 0 Å². The Bertz CT molecular complexity index is 625. The lowest BCUT2D eigenvalue weighted by atomic mass is 10.1. The van der Waals surface area contributed by atoms with E-state index in [2.05, 4.69) is 0 Å². The number of methoxy groups -OCH3 is 1. The highest BCUT2D eigenvalue weighted by atomic mass is 19.1. The van der Waals surface area contributed by atoms with E-state index in [1.165, 1.54) is 25.3 Å². The number of hydrogen-bond donors (Lipinski definition) is 1. The van der Waals surface area contributed by atoms with Crippen molar-refractivity contribution in [2.75, 3.05) is 7.11 Å². The zero-order valence-electron chi connectivity index (χ0n) is 10.8. The van der Waals surface area contributed by atoms with E-state index in [1.54, 1.807) is 24.3 Å². The lowest BCUT2D eigenvalue weighted by molar-refractivity contribution is 0.0693. The van der Waals surface area contributed by atoms with Crippen molar-refractivity contribution in [2.45, 2.75) is 6.61 Å². The van der Waals surface area contributed by atoms with Crippen molar-refractivity contribution in [1.82, 2.24) is 0 Å². The van der Waals surface area contributed by atoms with E-state index < -0.39 is 5.97 Å². The molecule has 0 heterocycles. The highest BCUT2D eigenvalue weighted by Gasteiger charge is 2.11. The number of halogens is 1. The first-order valence-corrected chi connectivity index (χ1v) is 5.88. The molecule has 0 radical (unpaired) electrons. The standard InChI is InChI=1S/C15H13FO4/c1-19-14-7-10(5-6-13(14)15(17)18)9-20-12-4-2-3-11(16)8-12/h2-8H,9H2,1H3,(H,17,18). The van der Waals surface area contributed by atoms with Gasteiger partial charge in [-0.2, -0.15) is 0 Å². The first-order chi connectivity index (χ1) is 9.60. The molecule has 0 spiro atoms. The predicted molar refractivity (Wildman–Crippen MR) is 70.7 cm³/mol. The molecule has 0 aliphatic carbocycles.